The largest absolute Gasteiger partial charge is 0.477 e. The van der Waals surface area contributed by atoms with Crippen molar-refractivity contribution in [3.8, 4) is 0 Å². The first kappa shape index (κ1) is 17.3. The summed E-state index contributed by atoms with van der Waals surface area (Å²) in [6.45, 7) is 2.00. The fraction of sp³-hybridized carbons (Fsp3) is 0.500. The molecule has 0 saturated carbocycles. The Bertz CT molecular complexity index is 702. The number of aliphatic carboxylic acids is 1. The molecule has 0 aliphatic carbocycles. The summed E-state index contributed by atoms with van der Waals surface area (Å²) in [6, 6.07) is 0. The van der Waals surface area contributed by atoms with E-state index in [1.807, 2.05) is 0 Å². The molecular formula is C14H17N3O5S2. The molecule has 0 aromatic carbocycles. The van der Waals surface area contributed by atoms with Crippen molar-refractivity contribution in [2.75, 3.05) is 5.75 Å². The summed E-state index contributed by atoms with van der Waals surface area (Å²) in [4.78, 5) is 28.9. The van der Waals surface area contributed by atoms with Crippen LogP contribution in [0.15, 0.2) is 22.5 Å². The molecule has 0 bridgehead atoms. The molecule has 0 spiro atoms. The monoisotopic (exact) mass is 371 g/mol. The second-order valence-corrected chi connectivity index (χ2v) is 8.00. The predicted octanol–water partition coefficient (Wildman–Crippen LogP) is 0.274. The van der Waals surface area contributed by atoms with Crippen LogP contribution in [0.4, 0.5) is 0 Å². The molecule has 8 nitrogen and oxygen atoms in total. The summed E-state index contributed by atoms with van der Waals surface area (Å²) in [6.07, 6.45) is 2.39. The number of thioether (sulfide) groups is 2. The van der Waals surface area contributed by atoms with Crippen molar-refractivity contribution < 1.29 is 24.9 Å². The van der Waals surface area contributed by atoms with Gasteiger partial charge in [-0.2, -0.15) is 0 Å². The molecule has 3 atom stereocenters. The normalized spacial score (nSPS) is 24.1. The quantitative estimate of drug-likeness (QED) is 0.585. The molecule has 24 heavy (non-hydrogen) atoms. The molecule has 3 heterocycles. The summed E-state index contributed by atoms with van der Waals surface area (Å²) in [5, 5.41) is 28.0. The number of amides is 1. The number of aliphatic hydroxyl groups is 2. The molecule has 2 aliphatic rings. The average Bonchev–Trinajstić information content (AvgIpc) is 3.09. The fourth-order valence-electron chi connectivity index (χ4n) is 2.77. The predicted molar refractivity (Wildman–Crippen MR) is 88.7 cm³/mol. The highest BCUT2D eigenvalue weighted by atomic mass is 32.2. The second kappa shape index (κ2) is 6.79. The first-order chi connectivity index (χ1) is 11.5. The number of rotatable bonds is 7. The maximum Gasteiger partial charge on any atom is 0.354 e. The summed E-state index contributed by atoms with van der Waals surface area (Å²) in [7, 11) is 0. The summed E-state index contributed by atoms with van der Waals surface area (Å²) < 4.78 is 2.38. The van der Waals surface area contributed by atoms with E-state index >= 15 is 0 Å². The molecule has 3 rings (SSSR count). The lowest BCUT2D eigenvalue weighted by Gasteiger charge is -2.43. The van der Waals surface area contributed by atoms with Crippen LogP contribution in [-0.4, -0.2) is 58.9 Å². The van der Waals surface area contributed by atoms with Crippen molar-refractivity contribution in [2.24, 2.45) is 5.92 Å². The van der Waals surface area contributed by atoms with Crippen LogP contribution < -0.4 is 0 Å². The third-order valence-corrected chi connectivity index (χ3v) is 6.63. The molecule has 1 aromatic heterocycles. The molecule has 0 radical (unpaired) electrons. The van der Waals surface area contributed by atoms with Gasteiger partial charge < -0.3 is 19.9 Å². The van der Waals surface area contributed by atoms with Crippen molar-refractivity contribution >= 4 is 35.4 Å². The highest BCUT2D eigenvalue weighted by Crippen LogP contribution is 2.53. The third-order valence-electron chi connectivity index (χ3n) is 3.99. The van der Waals surface area contributed by atoms with Crippen molar-refractivity contribution in [3.05, 3.63) is 28.2 Å². The molecular weight excluding hydrogens is 354 g/mol. The molecule has 1 unspecified atom stereocenters. The first-order valence-corrected chi connectivity index (χ1v) is 9.20. The van der Waals surface area contributed by atoms with E-state index in [4.69, 9.17) is 0 Å². The number of carboxylic acid groups (broad SMARTS) is 1. The Labute approximate surface area is 146 Å². The van der Waals surface area contributed by atoms with Crippen molar-refractivity contribution in [1.29, 1.82) is 0 Å². The minimum atomic E-state index is -1.14. The van der Waals surface area contributed by atoms with Crippen LogP contribution in [0.2, 0.25) is 0 Å². The van der Waals surface area contributed by atoms with Gasteiger partial charge in [-0.3, -0.25) is 9.69 Å². The zero-order chi connectivity index (χ0) is 17.4. The number of nitrogens with zero attached hydrogens (tertiary/aromatic N) is 3. The number of hydrogen-bond donors (Lipinski definition) is 3. The van der Waals surface area contributed by atoms with Crippen LogP contribution >= 0.6 is 23.5 Å². The van der Waals surface area contributed by atoms with Gasteiger partial charge >= 0.3 is 5.97 Å². The van der Waals surface area contributed by atoms with Crippen LogP contribution in [0.3, 0.4) is 0 Å². The van der Waals surface area contributed by atoms with E-state index in [1.54, 1.807) is 24.0 Å². The minimum Gasteiger partial charge on any atom is -0.477 e. The summed E-state index contributed by atoms with van der Waals surface area (Å²) in [5.41, 5.74) is 0.695. The van der Waals surface area contributed by atoms with Crippen molar-refractivity contribution in [2.45, 2.75) is 31.6 Å². The lowest BCUT2D eigenvalue weighted by molar-refractivity contribution is -0.156. The van der Waals surface area contributed by atoms with E-state index in [0.717, 1.165) is 0 Å². The molecule has 1 fully saturated rings. The standard InChI is InChI=1S/C14H17N3O5S2/c1-7(19)9-11(20)17-10(13(21)22)14(24-12(9)17)23-3-2-16-6-15-4-8(16)5-18/h4,6-7,9,12,18-19H,2-3,5H2,1H3,(H,21,22)/t7?,9-,12+/m0/s1. The molecule has 3 N–H and O–H groups in total. The van der Waals surface area contributed by atoms with E-state index < -0.39 is 18.0 Å². The summed E-state index contributed by atoms with van der Waals surface area (Å²) in [5.74, 6) is -1.45. The highest BCUT2D eigenvalue weighted by Gasteiger charge is 2.57. The number of carbonyl (C=O) groups is 2. The van der Waals surface area contributed by atoms with Crippen LogP contribution in [0.25, 0.3) is 0 Å². The van der Waals surface area contributed by atoms with Gasteiger partial charge in [-0.25, -0.2) is 9.78 Å². The highest BCUT2D eigenvalue weighted by molar-refractivity contribution is 8.22. The zero-order valence-corrected chi connectivity index (χ0v) is 14.5. The number of carbonyl (C=O) groups excluding carboxylic acids is 1. The van der Waals surface area contributed by atoms with Gasteiger partial charge in [0.1, 0.15) is 5.37 Å². The maximum atomic E-state index is 12.1. The zero-order valence-electron chi connectivity index (χ0n) is 12.8. The first-order valence-electron chi connectivity index (χ1n) is 7.33. The number of fused-ring (bicyclic) bond motifs is 1. The van der Waals surface area contributed by atoms with Gasteiger partial charge in [0.25, 0.3) is 0 Å². The molecule has 2 aliphatic heterocycles. The molecule has 1 amide bonds. The van der Waals surface area contributed by atoms with Gasteiger partial charge in [0.05, 0.1) is 41.1 Å². The van der Waals surface area contributed by atoms with Gasteiger partial charge in [0, 0.05) is 12.3 Å². The van der Waals surface area contributed by atoms with E-state index in [0.29, 0.717) is 22.2 Å². The van der Waals surface area contributed by atoms with E-state index in [1.165, 1.54) is 28.4 Å². The Morgan fingerprint density at radius 1 is 1.54 bits per heavy atom. The Morgan fingerprint density at radius 3 is 2.92 bits per heavy atom. The minimum absolute atomic E-state index is 0.00455. The van der Waals surface area contributed by atoms with E-state index in [2.05, 4.69) is 4.98 Å². The van der Waals surface area contributed by atoms with Gasteiger partial charge in [0.2, 0.25) is 5.91 Å². The number of aryl methyl sites for hydroxylation is 1. The number of imidazole rings is 1. The molecule has 1 aromatic rings. The number of carboxylic acids is 1. The number of β-lactam (4-membered cyclic amide) rings is 1. The Kier molecular flexibility index (Phi) is 4.90. The number of aliphatic hydroxyl groups excluding tert-OH is 2. The second-order valence-electron chi connectivity index (χ2n) is 5.51. The van der Waals surface area contributed by atoms with Crippen molar-refractivity contribution in [1.82, 2.24) is 14.5 Å². The molecule has 1 saturated heterocycles. The molecule has 10 heteroatoms. The van der Waals surface area contributed by atoms with Gasteiger partial charge in [-0.15, -0.1) is 11.8 Å². The SMILES string of the molecule is CC(O)[C@H]1C(=O)N2C(C(=O)O)=C(SCCn3cncc3CO)S[C@H]12. The summed E-state index contributed by atoms with van der Waals surface area (Å²) >= 11 is 2.67. The van der Waals surface area contributed by atoms with Gasteiger partial charge in [0.15, 0.2) is 5.70 Å². The van der Waals surface area contributed by atoms with Crippen LogP contribution in [0, 0.1) is 5.92 Å². The molecule has 130 valence electrons. The topological polar surface area (TPSA) is 116 Å². The number of hydrogen-bond acceptors (Lipinski definition) is 7. The van der Waals surface area contributed by atoms with Gasteiger partial charge in [-0.1, -0.05) is 11.8 Å². The lowest BCUT2D eigenvalue weighted by atomic mass is 9.92. The fourth-order valence-corrected chi connectivity index (χ4v) is 5.70. The van der Waals surface area contributed by atoms with Crippen molar-refractivity contribution in [3.63, 3.8) is 0 Å². The van der Waals surface area contributed by atoms with Crippen LogP contribution in [0.1, 0.15) is 12.6 Å². The third kappa shape index (κ3) is 2.83. The number of aromatic nitrogens is 2. The van der Waals surface area contributed by atoms with Gasteiger partial charge in [-0.05, 0) is 6.92 Å². The average molecular weight is 371 g/mol. The smallest absolute Gasteiger partial charge is 0.354 e. The van der Waals surface area contributed by atoms with E-state index in [-0.39, 0.29) is 23.6 Å². The Hall–Kier alpha value is -1.49. The van der Waals surface area contributed by atoms with Crippen LogP contribution in [0.5, 0.6) is 0 Å². The Morgan fingerprint density at radius 2 is 2.29 bits per heavy atom. The lowest BCUT2D eigenvalue weighted by Crippen LogP contribution is -2.60. The maximum absolute atomic E-state index is 12.1. The van der Waals surface area contributed by atoms with Crippen LogP contribution in [-0.2, 0) is 22.7 Å². The van der Waals surface area contributed by atoms with E-state index in [9.17, 15) is 24.9 Å². The Balaban J connectivity index is 1.68.